The first-order valence-corrected chi connectivity index (χ1v) is 7.37. The maximum Gasteiger partial charge on any atom is 0.330 e. The van der Waals surface area contributed by atoms with Crippen LogP contribution in [0.2, 0.25) is 0 Å². The van der Waals surface area contributed by atoms with Crippen molar-refractivity contribution >= 4 is 12.0 Å². The van der Waals surface area contributed by atoms with Gasteiger partial charge in [0.15, 0.2) is 0 Å². The van der Waals surface area contributed by atoms with Gasteiger partial charge in [-0.15, -0.1) is 0 Å². The molecule has 116 valence electrons. The summed E-state index contributed by atoms with van der Waals surface area (Å²) in [5.41, 5.74) is 1.75. The third kappa shape index (κ3) is 5.13. The van der Waals surface area contributed by atoms with Gasteiger partial charge in [-0.05, 0) is 43.9 Å². The SMILES string of the molecule is O=C(/C=C/c1ccc(O)cc1O)OCCCC1=CCCC=C1. The molecule has 2 rings (SSSR count). The number of hydrogen-bond acceptors (Lipinski definition) is 4. The summed E-state index contributed by atoms with van der Waals surface area (Å²) in [4.78, 5) is 11.6. The highest BCUT2D eigenvalue weighted by molar-refractivity contribution is 5.87. The Bertz CT molecular complexity index is 612. The van der Waals surface area contributed by atoms with E-state index in [1.165, 1.54) is 35.9 Å². The van der Waals surface area contributed by atoms with Crippen LogP contribution in [0.3, 0.4) is 0 Å². The Kier molecular flexibility index (Phi) is 5.83. The average molecular weight is 300 g/mol. The molecule has 2 N–H and O–H groups in total. The van der Waals surface area contributed by atoms with Crippen LogP contribution in [0.15, 0.2) is 48.1 Å². The number of esters is 1. The maximum atomic E-state index is 11.6. The second kappa shape index (κ2) is 8.08. The first-order valence-electron chi connectivity index (χ1n) is 7.37. The van der Waals surface area contributed by atoms with Crippen molar-refractivity contribution in [1.82, 2.24) is 0 Å². The molecule has 0 amide bonds. The molecule has 4 nitrogen and oxygen atoms in total. The van der Waals surface area contributed by atoms with E-state index in [0.717, 1.165) is 25.7 Å². The van der Waals surface area contributed by atoms with E-state index < -0.39 is 5.97 Å². The Morgan fingerprint density at radius 3 is 2.86 bits per heavy atom. The number of phenolic OH excluding ortho intramolecular Hbond substituents is 2. The van der Waals surface area contributed by atoms with Crippen molar-refractivity contribution in [2.75, 3.05) is 6.61 Å². The van der Waals surface area contributed by atoms with Gasteiger partial charge in [0.25, 0.3) is 0 Å². The van der Waals surface area contributed by atoms with E-state index in [2.05, 4.69) is 18.2 Å². The summed E-state index contributed by atoms with van der Waals surface area (Å²) >= 11 is 0. The lowest BCUT2D eigenvalue weighted by Crippen LogP contribution is -2.02. The molecule has 0 fully saturated rings. The van der Waals surface area contributed by atoms with E-state index in [4.69, 9.17) is 4.74 Å². The van der Waals surface area contributed by atoms with Gasteiger partial charge in [0.05, 0.1) is 6.61 Å². The molecule has 0 heterocycles. The zero-order valence-electron chi connectivity index (χ0n) is 12.4. The van der Waals surface area contributed by atoms with Crippen molar-refractivity contribution in [3.63, 3.8) is 0 Å². The summed E-state index contributed by atoms with van der Waals surface area (Å²) in [5, 5.41) is 18.8. The monoisotopic (exact) mass is 300 g/mol. The lowest BCUT2D eigenvalue weighted by Gasteiger charge is -2.06. The average Bonchev–Trinajstić information content (AvgIpc) is 2.52. The summed E-state index contributed by atoms with van der Waals surface area (Å²) in [6.07, 6.45) is 13.1. The smallest absolute Gasteiger partial charge is 0.330 e. The summed E-state index contributed by atoms with van der Waals surface area (Å²) in [6, 6.07) is 4.18. The standard InChI is InChI=1S/C18H20O4/c19-16-10-8-15(17(20)13-16)9-11-18(21)22-12-4-7-14-5-2-1-3-6-14/h2,5-6,8-11,13,19-20H,1,3-4,7,12H2/b11-9+. The van der Waals surface area contributed by atoms with Gasteiger partial charge in [-0.25, -0.2) is 4.79 Å². The zero-order chi connectivity index (χ0) is 15.8. The molecule has 0 saturated heterocycles. The highest BCUT2D eigenvalue weighted by atomic mass is 16.5. The van der Waals surface area contributed by atoms with Crippen molar-refractivity contribution in [3.05, 3.63) is 53.6 Å². The fourth-order valence-electron chi connectivity index (χ4n) is 2.18. The summed E-state index contributed by atoms with van der Waals surface area (Å²) < 4.78 is 5.11. The molecular formula is C18H20O4. The van der Waals surface area contributed by atoms with Crippen LogP contribution in [0.1, 0.15) is 31.2 Å². The van der Waals surface area contributed by atoms with Gasteiger partial charge in [0, 0.05) is 17.7 Å². The Balaban J connectivity index is 1.72. The van der Waals surface area contributed by atoms with Crippen LogP contribution in [0.4, 0.5) is 0 Å². The molecule has 1 aromatic rings. The van der Waals surface area contributed by atoms with Gasteiger partial charge in [-0.3, -0.25) is 0 Å². The molecule has 4 heteroatoms. The van der Waals surface area contributed by atoms with Gasteiger partial charge in [0.2, 0.25) is 0 Å². The number of rotatable bonds is 6. The van der Waals surface area contributed by atoms with Gasteiger partial charge < -0.3 is 14.9 Å². The number of carbonyl (C=O) groups is 1. The van der Waals surface area contributed by atoms with Crippen LogP contribution in [-0.4, -0.2) is 22.8 Å². The van der Waals surface area contributed by atoms with Crippen LogP contribution in [0, 0.1) is 0 Å². The van der Waals surface area contributed by atoms with Crippen molar-refractivity contribution in [2.24, 2.45) is 0 Å². The molecule has 0 saturated carbocycles. The molecule has 0 atom stereocenters. The highest BCUT2D eigenvalue weighted by Crippen LogP contribution is 2.23. The van der Waals surface area contributed by atoms with E-state index in [-0.39, 0.29) is 11.5 Å². The molecule has 0 unspecified atom stereocenters. The minimum Gasteiger partial charge on any atom is -0.508 e. The molecular weight excluding hydrogens is 280 g/mol. The fourth-order valence-corrected chi connectivity index (χ4v) is 2.18. The van der Waals surface area contributed by atoms with Gasteiger partial charge >= 0.3 is 5.97 Å². The van der Waals surface area contributed by atoms with Gasteiger partial charge in [-0.1, -0.05) is 23.8 Å². The van der Waals surface area contributed by atoms with Crippen LogP contribution >= 0.6 is 0 Å². The van der Waals surface area contributed by atoms with E-state index in [1.54, 1.807) is 0 Å². The van der Waals surface area contributed by atoms with Crippen molar-refractivity contribution in [3.8, 4) is 11.5 Å². The number of aromatic hydroxyl groups is 2. The lowest BCUT2D eigenvalue weighted by atomic mass is 10.0. The highest BCUT2D eigenvalue weighted by Gasteiger charge is 2.02. The fraction of sp³-hybridized carbons (Fsp3) is 0.278. The Morgan fingerprint density at radius 2 is 2.14 bits per heavy atom. The first kappa shape index (κ1) is 15.9. The number of carbonyl (C=O) groups excluding carboxylic acids is 1. The topological polar surface area (TPSA) is 66.8 Å². The molecule has 0 radical (unpaired) electrons. The maximum absolute atomic E-state index is 11.6. The molecule has 0 bridgehead atoms. The predicted octanol–water partition coefficient (Wildman–Crippen LogP) is 3.71. The van der Waals surface area contributed by atoms with Gasteiger partial charge in [0.1, 0.15) is 11.5 Å². The number of ether oxygens (including phenoxy) is 1. The predicted molar refractivity (Wildman–Crippen MR) is 85.5 cm³/mol. The number of allylic oxidation sites excluding steroid dienone is 4. The molecule has 1 aromatic carbocycles. The van der Waals surface area contributed by atoms with Crippen molar-refractivity contribution in [1.29, 1.82) is 0 Å². The van der Waals surface area contributed by atoms with Crippen LogP contribution in [0.5, 0.6) is 11.5 Å². The number of phenols is 2. The van der Waals surface area contributed by atoms with Crippen molar-refractivity contribution in [2.45, 2.75) is 25.7 Å². The first-order chi connectivity index (χ1) is 10.6. The lowest BCUT2D eigenvalue weighted by molar-refractivity contribution is -0.137. The van der Waals surface area contributed by atoms with Crippen LogP contribution in [0.25, 0.3) is 6.08 Å². The third-order valence-corrected chi connectivity index (χ3v) is 3.34. The normalized spacial score (nSPS) is 14.1. The molecule has 1 aliphatic rings. The van der Waals surface area contributed by atoms with E-state index >= 15 is 0 Å². The van der Waals surface area contributed by atoms with Gasteiger partial charge in [-0.2, -0.15) is 0 Å². The number of hydrogen-bond donors (Lipinski definition) is 2. The minimum atomic E-state index is -0.444. The van der Waals surface area contributed by atoms with E-state index in [9.17, 15) is 15.0 Å². The van der Waals surface area contributed by atoms with Crippen LogP contribution < -0.4 is 0 Å². The minimum absolute atomic E-state index is 0.0247. The molecule has 0 spiro atoms. The van der Waals surface area contributed by atoms with E-state index in [1.807, 2.05) is 0 Å². The second-order valence-electron chi connectivity index (χ2n) is 5.11. The van der Waals surface area contributed by atoms with Crippen LogP contribution in [-0.2, 0) is 9.53 Å². The largest absolute Gasteiger partial charge is 0.508 e. The van der Waals surface area contributed by atoms with E-state index in [0.29, 0.717) is 12.2 Å². The summed E-state index contributed by atoms with van der Waals surface area (Å²) in [5.74, 6) is -0.552. The molecule has 0 aliphatic heterocycles. The molecule has 22 heavy (non-hydrogen) atoms. The zero-order valence-corrected chi connectivity index (χ0v) is 12.4. The summed E-state index contributed by atoms with van der Waals surface area (Å²) in [7, 11) is 0. The third-order valence-electron chi connectivity index (χ3n) is 3.34. The molecule has 1 aliphatic carbocycles. The second-order valence-corrected chi connectivity index (χ2v) is 5.11. The van der Waals surface area contributed by atoms with Crippen molar-refractivity contribution < 1.29 is 19.7 Å². The Morgan fingerprint density at radius 1 is 1.27 bits per heavy atom. The number of benzene rings is 1. The molecule has 0 aromatic heterocycles. The quantitative estimate of drug-likeness (QED) is 0.477. The Hall–Kier alpha value is -2.49. The summed E-state index contributed by atoms with van der Waals surface area (Å²) in [6.45, 7) is 0.371. The Labute approximate surface area is 130 Å².